The minimum Gasteiger partial charge on any atom is -0.327 e. The van der Waals surface area contributed by atoms with Crippen molar-refractivity contribution in [3.8, 4) is 0 Å². The summed E-state index contributed by atoms with van der Waals surface area (Å²) in [6.45, 7) is 4.51. The van der Waals surface area contributed by atoms with Crippen molar-refractivity contribution in [3.05, 3.63) is 21.3 Å². The van der Waals surface area contributed by atoms with Crippen LogP contribution in [0.25, 0.3) is 0 Å². The molecule has 1 aromatic rings. The molecule has 2 N–H and O–H groups in total. The van der Waals surface area contributed by atoms with Crippen molar-refractivity contribution in [1.29, 1.82) is 0 Å². The second kappa shape index (κ2) is 3.51. The summed E-state index contributed by atoms with van der Waals surface area (Å²) < 4.78 is 0.888. The van der Waals surface area contributed by atoms with Crippen LogP contribution in [-0.4, -0.2) is 6.04 Å². The van der Waals surface area contributed by atoms with Crippen LogP contribution >= 0.6 is 22.9 Å². The molecule has 0 bridgehead atoms. The molecule has 0 aromatic carbocycles. The van der Waals surface area contributed by atoms with Gasteiger partial charge in [-0.15, -0.1) is 11.3 Å². The fourth-order valence-electron chi connectivity index (χ4n) is 2.36. The summed E-state index contributed by atoms with van der Waals surface area (Å²) in [7, 11) is 0. The Hall–Kier alpha value is -0.0500. The Kier molecular flexibility index (Phi) is 2.63. The molecule has 1 aliphatic carbocycles. The highest BCUT2D eigenvalue weighted by Crippen LogP contribution is 2.55. The van der Waals surface area contributed by atoms with Crippen molar-refractivity contribution >= 4 is 22.9 Å². The molecule has 0 amide bonds. The lowest BCUT2D eigenvalue weighted by atomic mass is 9.56. The maximum Gasteiger partial charge on any atom is 0.0931 e. The van der Waals surface area contributed by atoms with Crippen molar-refractivity contribution in [1.82, 2.24) is 0 Å². The first-order valence-corrected chi connectivity index (χ1v) is 6.28. The Labute approximate surface area is 94.3 Å². The Morgan fingerprint density at radius 1 is 1.64 bits per heavy atom. The van der Waals surface area contributed by atoms with Gasteiger partial charge in [0, 0.05) is 16.8 Å². The Morgan fingerprint density at radius 2 is 2.36 bits per heavy atom. The number of rotatable bonds is 2. The molecule has 3 heteroatoms. The predicted molar refractivity (Wildman–Crippen MR) is 63.1 cm³/mol. The highest BCUT2D eigenvalue weighted by molar-refractivity contribution is 7.16. The van der Waals surface area contributed by atoms with E-state index in [0.717, 1.165) is 17.2 Å². The van der Waals surface area contributed by atoms with Gasteiger partial charge in [0.2, 0.25) is 0 Å². The highest BCUT2D eigenvalue weighted by atomic mass is 35.5. The van der Waals surface area contributed by atoms with E-state index in [1.165, 1.54) is 4.88 Å². The van der Waals surface area contributed by atoms with E-state index in [0.29, 0.717) is 12.0 Å². The number of halogens is 1. The van der Waals surface area contributed by atoms with E-state index in [9.17, 15) is 0 Å². The summed E-state index contributed by atoms with van der Waals surface area (Å²) in [5.41, 5.74) is 6.36. The normalized spacial score (nSPS) is 36.9. The van der Waals surface area contributed by atoms with Crippen LogP contribution in [-0.2, 0) is 0 Å². The van der Waals surface area contributed by atoms with Gasteiger partial charge >= 0.3 is 0 Å². The summed E-state index contributed by atoms with van der Waals surface area (Å²) in [4.78, 5) is 1.40. The third-order valence-corrected chi connectivity index (χ3v) is 5.18. The van der Waals surface area contributed by atoms with E-state index in [2.05, 4.69) is 19.9 Å². The molecule has 1 saturated carbocycles. The number of nitrogens with two attached hydrogens (primary N) is 1. The molecule has 1 nitrogen and oxygen atoms in total. The van der Waals surface area contributed by atoms with Crippen molar-refractivity contribution in [2.24, 2.45) is 11.1 Å². The second-order valence-electron chi connectivity index (χ2n) is 4.40. The lowest BCUT2D eigenvalue weighted by Crippen LogP contribution is -2.54. The summed E-state index contributed by atoms with van der Waals surface area (Å²) in [6.07, 6.45) is 2.26. The first-order valence-electron chi connectivity index (χ1n) is 5.08. The van der Waals surface area contributed by atoms with E-state index >= 15 is 0 Å². The molecule has 2 rings (SSSR count). The van der Waals surface area contributed by atoms with E-state index in [4.69, 9.17) is 17.3 Å². The maximum absolute atomic E-state index is 6.07. The van der Waals surface area contributed by atoms with Crippen LogP contribution in [0.15, 0.2) is 12.1 Å². The Bertz CT molecular complexity index is 336. The van der Waals surface area contributed by atoms with E-state index in [1.807, 2.05) is 6.07 Å². The SMILES string of the molecule is CCC1(C)C(N)CC1c1ccc(Cl)s1. The summed E-state index contributed by atoms with van der Waals surface area (Å²) in [5, 5.41) is 0. The molecule has 0 aliphatic heterocycles. The molecule has 1 heterocycles. The molecular weight excluding hydrogens is 214 g/mol. The van der Waals surface area contributed by atoms with Crippen LogP contribution in [0.3, 0.4) is 0 Å². The number of thiophene rings is 1. The standard InChI is InChI=1S/C11H16ClNS/c1-3-11(2)7(6-9(11)13)8-4-5-10(12)14-8/h4-5,7,9H,3,6,13H2,1-2H3. The molecule has 3 atom stereocenters. The fraction of sp³-hybridized carbons (Fsp3) is 0.636. The van der Waals surface area contributed by atoms with Crippen LogP contribution in [0.2, 0.25) is 4.34 Å². The monoisotopic (exact) mass is 229 g/mol. The van der Waals surface area contributed by atoms with Gasteiger partial charge in [0.1, 0.15) is 0 Å². The smallest absolute Gasteiger partial charge is 0.0931 e. The molecule has 1 aliphatic rings. The van der Waals surface area contributed by atoms with E-state index < -0.39 is 0 Å². The minimum absolute atomic E-state index is 0.286. The van der Waals surface area contributed by atoms with Gasteiger partial charge in [-0.1, -0.05) is 25.4 Å². The molecule has 1 fully saturated rings. The summed E-state index contributed by atoms with van der Waals surface area (Å²) in [5.74, 6) is 0.625. The van der Waals surface area contributed by atoms with Gasteiger partial charge < -0.3 is 5.73 Å². The number of hydrogen-bond acceptors (Lipinski definition) is 2. The van der Waals surface area contributed by atoms with Crippen molar-refractivity contribution < 1.29 is 0 Å². The van der Waals surface area contributed by atoms with Crippen molar-refractivity contribution in [2.75, 3.05) is 0 Å². The zero-order valence-electron chi connectivity index (χ0n) is 8.59. The van der Waals surface area contributed by atoms with Crippen LogP contribution in [0, 0.1) is 5.41 Å². The Morgan fingerprint density at radius 3 is 2.79 bits per heavy atom. The van der Waals surface area contributed by atoms with Gasteiger partial charge in [-0.2, -0.15) is 0 Å². The van der Waals surface area contributed by atoms with Crippen LogP contribution < -0.4 is 5.73 Å². The highest BCUT2D eigenvalue weighted by Gasteiger charge is 2.49. The molecule has 0 saturated heterocycles. The molecule has 0 radical (unpaired) electrons. The molecular formula is C11H16ClNS. The molecule has 14 heavy (non-hydrogen) atoms. The fourth-order valence-corrected chi connectivity index (χ4v) is 3.69. The number of hydrogen-bond donors (Lipinski definition) is 1. The quantitative estimate of drug-likeness (QED) is 0.824. The predicted octanol–water partition coefficient (Wildman–Crippen LogP) is 3.63. The van der Waals surface area contributed by atoms with Crippen molar-refractivity contribution in [2.45, 2.75) is 38.6 Å². The van der Waals surface area contributed by atoms with Gasteiger partial charge in [0.15, 0.2) is 0 Å². The minimum atomic E-state index is 0.286. The zero-order valence-corrected chi connectivity index (χ0v) is 10.2. The van der Waals surface area contributed by atoms with Crippen molar-refractivity contribution in [3.63, 3.8) is 0 Å². The van der Waals surface area contributed by atoms with Gasteiger partial charge in [-0.05, 0) is 30.4 Å². The molecule has 1 aromatic heterocycles. The first kappa shape index (κ1) is 10.5. The lowest BCUT2D eigenvalue weighted by molar-refractivity contribution is 0.0728. The molecule has 3 unspecified atom stereocenters. The summed E-state index contributed by atoms with van der Waals surface area (Å²) in [6, 6.07) is 4.50. The van der Waals surface area contributed by atoms with E-state index in [1.54, 1.807) is 11.3 Å². The third kappa shape index (κ3) is 1.40. The van der Waals surface area contributed by atoms with Gasteiger partial charge in [0.25, 0.3) is 0 Å². The van der Waals surface area contributed by atoms with Crippen LogP contribution in [0.4, 0.5) is 0 Å². The lowest BCUT2D eigenvalue weighted by Gasteiger charge is -2.52. The van der Waals surface area contributed by atoms with Gasteiger partial charge in [0.05, 0.1) is 4.34 Å². The maximum atomic E-state index is 6.07. The zero-order chi connectivity index (χ0) is 10.3. The van der Waals surface area contributed by atoms with E-state index in [-0.39, 0.29) is 5.41 Å². The van der Waals surface area contributed by atoms with Gasteiger partial charge in [-0.3, -0.25) is 0 Å². The second-order valence-corrected chi connectivity index (χ2v) is 6.14. The molecule has 78 valence electrons. The first-order chi connectivity index (χ1) is 6.58. The topological polar surface area (TPSA) is 26.0 Å². The largest absolute Gasteiger partial charge is 0.327 e. The Balaban J connectivity index is 2.22. The van der Waals surface area contributed by atoms with Gasteiger partial charge in [-0.25, -0.2) is 0 Å². The third-order valence-electron chi connectivity index (χ3n) is 3.83. The summed E-state index contributed by atoms with van der Waals surface area (Å²) >= 11 is 7.65. The molecule has 0 spiro atoms. The van der Waals surface area contributed by atoms with Crippen LogP contribution in [0.5, 0.6) is 0 Å². The average Bonchev–Trinajstić information content (AvgIpc) is 2.59. The van der Waals surface area contributed by atoms with Crippen LogP contribution in [0.1, 0.15) is 37.5 Å². The average molecular weight is 230 g/mol.